The lowest BCUT2D eigenvalue weighted by molar-refractivity contribution is -0.946. The number of fused-ring (bicyclic) bond motifs is 6. The van der Waals surface area contributed by atoms with E-state index in [9.17, 15) is 0 Å². The average Bonchev–Trinajstić information content (AvgIpc) is 3.03. The lowest BCUT2D eigenvalue weighted by Crippen LogP contribution is -3.00. The van der Waals surface area contributed by atoms with Gasteiger partial charge in [0.1, 0.15) is 37.8 Å². The summed E-state index contributed by atoms with van der Waals surface area (Å²) < 4.78 is 15.2. The van der Waals surface area contributed by atoms with Gasteiger partial charge in [0, 0.05) is 43.6 Å². The fourth-order valence-electron chi connectivity index (χ4n) is 9.17. The first-order valence-electron chi connectivity index (χ1n) is 16.8. The Balaban J connectivity index is 0.00000192. The third-order valence-electron chi connectivity index (χ3n) is 11.6. The molecule has 6 aliphatic rings. The van der Waals surface area contributed by atoms with E-state index in [4.69, 9.17) is 9.47 Å². The van der Waals surface area contributed by atoms with Gasteiger partial charge in [0.05, 0.1) is 39.3 Å². The van der Waals surface area contributed by atoms with Gasteiger partial charge >= 0.3 is 0 Å². The molecule has 0 radical (unpaired) electrons. The molecule has 0 amide bonds. The van der Waals surface area contributed by atoms with Crippen LogP contribution in [-0.2, 0) is 12.8 Å². The molecule has 2 unspecified atom stereocenters. The topological polar surface area (TPSA) is 18.5 Å². The van der Waals surface area contributed by atoms with Crippen LogP contribution in [0.5, 0.6) is 11.5 Å². The first-order valence-corrected chi connectivity index (χ1v) is 16.8. The van der Waals surface area contributed by atoms with Crippen LogP contribution in [0.3, 0.4) is 0 Å². The summed E-state index contributed by atoms with van der Waals surface area (Å²) in [6, 6.07) is 30.6. The first kappa shape index (κ1) is 33.5. The van der Waals surface area contributed by atoms with Gasteiger partial charge in [-0.25, -0.2) is 0 Å². The van der Waals surface area contributed by atoms with Gasteiger partial charge in [-0.05, 0) is 47.9 Å². The predicted molar refractivity (Wildman–Crippen MR) is 170 cm³/mol. The predicted octanol–water partition coefficient (Wildman–Crippen LogP) is 0.651. The average molecular weight is 727 g/mol. The summed E-state index contributed by atoms with van der Waals surface area (Å²) in [5, 5.41) is 0. The van der Waals surface area contributed by atoms with Crippen LogP contribution in [0.2, 0.25) is 0 Å². The van der Waals surface area contributed by atoms with E-state index in [0.717, 1.165) is 61.5 Å². The molecule has 4 nitrogen and oxygen atoms in total. The summed E-state index contributed by atoms with van der Waals surface area (Å²) in [5.41, 5.74) is 3.01. The molecule has 238 valence electrons. The van der Waals surface area contributed by atoms with Gasteiger partial charge in [0.2, 0.25) is 0 Å². The number of piperidine rings is 6. The zero-order valence-electron chi connectivity index (χ0n) is 26.2. The number of quaternary nitrogens is 2. The Morgan fingerprint density at radius 2 is 0.932 bits per heavy atom. The van der Waals surface area contributed by atoms with Crippen molar-refractivity contribution in [3.63, 3.8) is 0 Å². The number of nitrogens with zero attached hydrogens (tertiary/aromatic N) is 2. The van der Waals surface area contributed by atoms with Crippen molar-refractivity contribution >= 4 is 0 Å². The highest BCUT2D eigenvalue weighted by molar-refractivity contribution is 5.33. The number of rotatable bonds is 12. The Kier molecular flexibility index (Phi) is 11.5. The fraction of sp³-hybridized carbons (Fsp3) is 0.526. The van der Waals surface area contributed by atoms with Crippen molar-refractivity contribution in [1.29, 1.82) is 0 Å². The van der Waals surface area contributed by atoms with Crippen molar-refractivity contribution in [3.8, 4) is 11.5 Å². The van der Waals surface area contributed by atoms with E-state index in [-0.39, 0.29) is 34.0 Å². The molecule has 0 saturated carbocycles. The zero-order chi connectivity index (χ0) is 28.2. The fourth-order valence-corrected chi connectivity index (χ4v) is 9.17. The van der Waals surface area contributed by atoms with Crippen LogP contribution in [0.4, 0.5) is 0 Å². The van der Waals surface area contributed by atoms with Gasteiger partial charge in [-0.3, -0.25) is 0 Å². The van der Waals surface area contributed by atoms with Crippen molar-refractivity contribution in [3.05, 3.63) is 96.1 Å². The van der Waals surface area contributed by atoms with E-state index in [1.807, 2.05) is 0 Å². The minimum atomic E-state index is 0. The largest absolute Gasteiger partial charge is 1.00 e. The van der Waals surface area contributed by atoms with Crippen LogP contribution in [0.25, 0.3) is 0 Å². The number of ether oxygens (including phenoxy) is 2. The van der Waals surface area contributed by atoms with Crippen LogP contribution in [0.1, 0.15) is 36.8 Å². The molecule has 0 aliphatic carbocycles. The van der Waals surface area contributed by atoms with Gasteiger partial charge in [0.15, 0.2) is 0 Å². The summed E-state index contributed by atoms with van der Waals surface area (Å²) in [4.78, 5) is 0. The van der Waals surface area contributed by atoms with Crippen molar-refractivity contribution in [1.82, 2.24) is 0 Å². The van der Waals surface area contributed by atoms with Crippen LogP contribution < -0.4 is 43.4 Å². The third-order valence-corrected chi connectivity index (χ3v) is 11.6. The molecular weight excluding hydrogens is 676 g/mol. The molecule has 3 aromatic carbocycles. The van der Waals surface area contributed by atoms with Crippen LogP contribution in [0.15, 0.2) is 84.9 Å². The number of benzene rings is 3. The van der Waals surface area contributed by atoms with E-state index >= 15 is 0 Å². The van der Waals surface area contributed by atoms with Gasteiger partial charge in [-0.1, -0.05) is 66.7 Å². The molecular formula is C38H50Br2N2O2. The van der Waals surface area contributed by atoms with Gasteiger partial charge in [-0.2, -0.15) is 0 Å². The first-order chi connectivity index (χ1) is 20.7. The Bertz CT molecular complexity index is 1190. The van der Waals surface area contributed by atoms with E-state index in [2.05, 4.69) is 84.9 Å². The highest BCUT2D eigenvalue weighted by Gasteiger charge is 2.46. The normalized spacial score (nSPS) is 30.2. The van der Waals surface area contributed by atoms with Gasteiger partial charge in [0.25, 0.3) is 0 Å². The van der Waals surface area contributed by atoms with Gasteiger partial charge in [-0.15, -0.1) is 0 Å². The number of halogens is 2. The second-order valence-electron chi connectivity index (χ2n) is 14.1. The highest BCUT2D eigenvalue weighted by atomic mass is 79.9. The van der Waals surface area contributed by atoms with Crippen LogP contribution in [0, 0.1) is 23.7 Å². The molecule has 6 saturated heterocycles. The summed E-state index contributed by atoms with van der Waals surface area (Å²) in [5.74, 6) is 5.36. The van der Waals surface area contributed by atoms with Crippen LogP contribution >= 0.6 is 0 Å². The monoisotopic (exact) mass is 724 g/mol. The number of hydrogen-bond donors (Lipinski definition) is 0. The maximum atomic E-state index is 6.36. The van der Waals surface area contributed by atoms with Crippen molar-refractivity contribution in [2.45, 2.75) is 38.5 Å². The van der Waals surface area contributed by atoms with Crippen molar-refractivity contribution in [2.24, 2.45) is 23.7 Å². The molecule has 0 spiro atoms. The second kappa shape index (κ2) is 15.2. The Morgan fingerprint density at radius 3 is 1.34 bits per heavy atom. The highest BCUT2D eigenvalue weighted by Crippen LogP contribution is 2.40. The molecule has 44 heavy (non-hydrogen) atoms. The minimum absolute atomic E-state index is 0. The minimum Gasteiger partial charge on any atom is -1.00 e. The molecule has 0 N–H and O–H groups in total. The summed E-state index contributed by atoms with van der Waals surface area (Å²) >= 11 is 0. The Morgan fingerprint density at radius 1 is 0.523 bits per heavy atom. The second-order valence-corrected chi connectivity index (χ2v) is 14.1. The lowest BCUT2D eigenvalue weighted by Gasteiger charge is -2.53. The molecule has 6 heterocycles. The molecule has 6 aliphatic heterocycles. The molecule has 2 atom stereocenters. The van der Waals surface area contributed by atoms with Crippen molar-refractivity contribution in [2.75, 3.05) is 65.6 Å². The van der Waals surface area contributed by atoms with Crippen molar-refractivity contribution < 1.29 is 52.4 Å². The molecule has 6 fully saturated rings. The quantitative estimate of drug-likeness (QED) is 0.256. The lowest BCUT2D eigenvalue weighted by atomic mass is 9.74. The maximum Gasteiger partial charge on any atom is 0.137 e. The zero-order valence-corrected chi connectivity index (χ0v) is 29.3. The third kappa shape index (κ3) is 7.92. The SMILES string of the molecule is [Br-].[Br-].c1ccc(CC2C[N+]3(CCOc4cccc(OCC[N+]56CCC(CC5)C(Cc5ccccc5)C6)c4)CCC2CC3)cc1. The van der Waals surface area contributed by atoms with Crippen LogP contribution in [-0.4, -0.2) is 74.5 Å². The number of hydrogen-bond acceptors (Lipinski definition) is 2. The Labute approximate surface area is 286 Å². The smallest absolute Gasteiger partial charge is 0.137 e. The van der Waals surface area contributed by atoms with E-state index in [0.29, 0.717) is 0 Å². The Hall–Kier alpha value is -1.86. The standard InChI is InChI=1S/C38H50N2O2.2BrH/c1-3-8-31(9-4-1)26-35-29-39(18-14-33(35)15-19-39)22-24-41-37-12-7-13-38(28-37)42-25-23-40-20-16-34(17-21-40)36(30-40)27-32-10-5-2-6-11-32;;/h1-13,28,33-36H,14-27,29-30H2;2*1H/q+2;;/p-2. The van der Waals surface area contributed by atoms with Gasteiger partial charge < -0.3 is 52.4 Å². The van der Waals surface area contributed by atoms with E-state index in [1.54, 1.807) is 0 Å². The maximum absolute atomic E-state index is 6.36. The molecule has 4 bridgehead atoms. The molecule has 0 aromatic heterocycles. The molecule has 9 rings (SSSR count). The summed E-state index contributed by atoms with van der Waals surface area (Å²) in [7, 11) is 0. The van der Waals surface area contributed by atoms with E-state index in [1.165, 1.54) is 97.9 Å². The molecule has 3 aromatic rings. The molecule has 6 heteroatoms. The van der Waals surface area contributed by atoms with E-state index < -0.39 is 0 Å². The summed E-state index contributed by atoms with van der Waals surface area (Å²) in [6.07, 6.45) is 8.01. The summed E-state index contributed by atoms with van der Waals surface area (Å²) in [6.45, 7) is 11.8.